The fourth-order valence-corrected chi connectivity index (χ4v) is 3.40. The molecule has 1 aromatic carbocycles. The monoisotopic (exact) mass is 330 g/mol. The summed E-state index contributed by atoms with van der Waals surface area (Å²) in [6.45, 7) is 6.34. The first kappa shape index (κ1) is 15.9. The van der Waals surface area contributed by atoms with Gasteiger partial charge in [-0.2, -0.15) is 0 Å². The standard InChI is InChI=1S/C17H22N4OS/c1-17(2,3)13(11-7-5-4-6-8-11)18-15(22)19-16-21-20-14(23-16)12-9-10-12/h4-8,12-13H,9-10H2,1-3H3,(H2,18,19,21,22). The number of anilines is 1. The largest absolute Gasteiger partial charge is 0.330 e. The smallest absolute Gasteiger partial charge is 0.321 e. The molecular formula is C17H22N4OS. The summed E-state index contributed by atoms with van der Waals surface area (Å²) >= 11 is 1.47. The van der Waals surface area contributed by atoms with E-state index in [1.807, 2.05) is 30.3 Å². The number of aromatic nitrogens is 2. The number of benzene rings is 1. The normalized spacial score (nSPS) is 16.0. The highest BCUT2D eigenvalue weighted by Crippen LogP contribution is 2.42. The number of rotatable bonds is 4. The Morgan fingerprint density at radius 3 is 2.52 bits per heavy atom. The summed E-state index contributed by atoms with van der Waals surface area (Å²) in [6, 6.07) is 9.69. The zero-order valence-corrected chi connectivity index (χ0v) is 14.5. The van der Waals surface area contributed by atoms with Gasteiger partial charge in [0.05, 0.1) is 6.04 Å². The van der Waals surface area contributed by atoms with Crippen molar-refractivity contribution in [1.82, 2.24) is 15.5 Å². The van der Waals surface area contributed by atoms with Crippen LogP contribution in [0.15, 0.2) is 30.3 Å². The Balaban J connectivity index is 1.67. The zero-order chi connectivity index (χ0) is 16.4. The van der Waals surface area contributed by atoms with Crippen molar-refractivity contribution < 1.29 is 4.79 Å². The molecule has 1 unspecified atom stereocenters. The summed E-state index contributed by atoms with van der Waals surface area (Å²) in [7, 11) is 0. The average molecular weight is 330 g/mol. The molecule has 1 aliphatic rings. The van der Waals surface area contributed by atoms with E-state index < -0.39 is 0 Å². The van der Waals surface area contributed by atoms with Crippen LogP contribution < -0.4 is 10.6 Å². The minimum absolute atomic E-state index is 0.0838. The van der Waals surface area contributed by atoms with Crippen molar-refractivity contribution in [2.24, 2.45) is 5.41 Å². The Labute approximate surface area is 140 Å². The number of amides is 2. The van der Waals surface area contributed by atoms with E-state index in [1.54, 1.807) is 0 Å². The van der Waals surface area contributed by atoms with Crippen molar-refractivity contribution in [2.75, 3.05) is 5.32 Å². The van der Waals surface area contributed by atoms with Gasteiger partial charge in [-0.05, 0) is 23.8 Å². The summed E-state index contributed by atoms with van der Waals surface area (Å²) in [6.07, 6.45) is 2.36. The van der Waals surface area contributed by atoms with Crippen molar-refractivity contribution in [2.45, 2.75) is 45.6 Å². The molecule has 0 spiro atoms. The molecule has 1 aliphatic carbocycles. The highest BCUT2D eigenvalue weighted by Gasteiger charge is 2.29. The topological polar surface area (TPSA) is 66.9 Å². The summed E-state index contributed by atoms with van der Waals surface area (Å²) in [5.41, 5.74) is 0.991. The number of hydrogen-bond acceptors (Lipinski definition) is 4. The third kappa shape index (κ3) is 4.07. The zero-order valence-electron chi connectivity index (χ0n) is 13.7. The van der Waals surface area contributed by atoms with Crippen LogP contribution in [-0.4, -0.2) is 16.2 Å². The van der Waals surface area contributed by atoms with E-state index in [4.69, 9.17) is 0 Å². The van der Waals surface area contributed by atoms with Crippen LogP contribution in [0.1, 0.15) is 56.1 Å². The lowest BCUT2D eigenvalue weighted by Gasteiger charge is -2.31. The molecule has 2 amide bonds. The number of urea groups is 1. The molecule has 2 aromatic rings. The molecule has 5 nitrogen and oxygen atoms in total. The lowest BCUT2D eigenvalue weighted by atomic mass is 9.82. The van der Waals surface area contributed by atoms with E-state index in [0.717, 1.165) is 10.6 Å². The van der Waals surface area contributed by atoms with Gasteiger partial charge in [0.2, 0.25) is 5.13 Å². The Bertz CT molecular complexity index is 673. The second-order valence-corrected chi connectivity index (χ2v) is 8.04. The van der Waals surface area contributed by atoms with Crippen molar-refractivity contribution >= 4 is 22.5 Å². The van der Waals surface area contributed by atoms with Crippen LogP contribution in [0.25, 0.3) is 0 Å². The maximum Gasteiger partial charge on any atom is 0.321 e. The van der Waals surface area contributed by atoms with Crippen LogP contribution in [0.3, 0.4) is 0 Å². The first-order valence-corrected chi connectivity index (χ1v) is 8.71. The Hall–Kier alpha value is -1.95. The van der Waals surface area contributed by atoms with E-state index in [0.29, 0.717) is 11.0 Å². The van der Waals surface area contributed by atoms with E-state index in [1.165, 1.54) is 24.2 Å². The molecule has 122 valence electrons. The summed E-state index contributed by atoms with van der Waals surface area (Å²) < 4.78 is 0. The molecular weight excluding hydrogens is 308 g/mol. The van der Waals surface area contributed by atoms with E-state index in [9.17, 15) is 4.79 Å². The molecule has 1 heterocycles. The first-order valence-electron chi connectivity index (χ1n) is 7.89. The maximum atomic E-state index is 12.4. The maximum absolute atomic E-state index is 12.4. The van der Waals surface area contributed by atoms with Gasteiger partial charge in [0.15, 0.2) is 0 Å². The van der Waals surface area contributed by atoms with Crippen LogP contribution in [0.5, 0.6) is 0 Å². The minimum Gasteiger partial charge on any atom is -0.330 e. The Morgan fingerprint density at radius 1 is 1.22 bits per heavy atom. The molecule has 6 heteroatoms. The Kier molecular flexibility index (Phi) is 4.35. The quantitative estimate of drug-likeness (QED) is 0.877. The van der Waals surface area contributed by atoms with Gasteiger partial charge in [0.1, 0.15) is 5.01 Å². The fraction of sp³-hybridized carbons (Fsp3) is 0.471. The molecule has 23 heavy (non-hydrogen) atoms. The molecule has 1 saturated carbocycles. The molecule has 3 rings (SSSR count). The van der Waals surface area contributed by atoms with Crippen LogP contribution in [-0.2, 0) is 0 Å². The molecule has 0 saturated heterocycles. The van der Waals surface area contributed by atoms with Crippen molar-refractivity contribution in [3.63, 3.8) is 0 Å². The molecule has 1 atom stereocenters. The number of hydrogen-bond donors (Lipinski definition) is 2. The number of nitrogens with one attached hydrogen (secondary N) is 2. The second-order valence-electron chi connectivity index (χ2n) is 7.03. The number of carbonyl (C=O) groups is 1. The van der Waals surface area contributed by atoms with E-state index >= 15 is 0 Å². The van der Waals surface area contributed by atoms with Crippen molar-refractivity contribution in [3.8, 4) is 0 Å². The molecule has 0 radical (unpaired) electrons. The second kappa shape index (κ2) is 6.28. The SMILES string of the molecule is CC(C)(C)C(NC(=O)Nc1nnc(C2CC2)s1)c1ccccc1. The van der Waals surface area contributed by atoms with Gasteiger partial charge in [-0.15, -0.1) is 10.2 Å². The number of carbonyl (C=O) groups excluding carboxylic acids is 1. The lowest BCUT2D eigenvalue weighted by molar-refractivity contribution is 0.229. The summed E-state index contributed by atoms with van der Waals surface area (Å²) in [5, 5.41) is 15.7. The van der Waals surface area contributed by atoms with Crippen molar-refractivity contribution in [1.29, 1.82) is 0 Å². The molecule has 1 aromatic heterocycles. The van der Waals surface area contributed by atoms with E-state index in [-0.39, 0.29) is 17.5 Å². The van der Waals surface area contributed by atoms with Gasteiger partial charge in [0, 0.05) is 5.92 Å². The van der Waals surface area contributed by atoms with Gasteiger partial charge in [-0.1, -0.05) is 62.4 Å². The lowest BCUT2D eigenvalue weighted by Crippen LogP contribution is -2.39. The van der Waals surface area contributed by atoms with E-state index in [2.05, 4.69) is 41.6 Å². The van der Waals surface area contributed by atoms with Gasteiger partial charge in [0.25, 0.3) is 0 Å². The molecule has 2 N–H and O–H groups in total. The van der Waals surface area contributed by atoms with Gasteiger partial charge in [-0.3, -0.25) is 5.32 Å². The predicted octanol–water partition coefficient (Wildman–Crippen LogP) is 4.32. The molecule has 1 fully saturated rings. The number of nitrogens with zero attached hydrogens (tertiary/aromatic N) is 2. The fourth-order valence-electron chi connectivity index (χ4n) is 2.49. The molecule has 0 aliphatic heterocycles. The van der Waals surface area contributed by atoms with Crippen LogP contribution in [0, 0.1) is 5.41 Å². The third-order valence-corrected chi connectivity index (χ3v) is 4.86. The average Bonchev–Trinajstić information content (AvgIpc) is 3.25. The van der Waals surface area contributed by atoms with Gasteiger partial charge < -0.3 is 5.32 Å². The van der Waals surface area contributed by atoms with Crippen LogP contribution in [0.4, 0.5) is 9.93 Å². The summed E-state index contributed by atoms with van der Waals surface area (Å²) in [4.78, 5) is 12.4. The molecule has 0 bridgehead atoms. The first-order chi connectivity index (χ1) is 10.9. The predicted molar refractivity (Wildman–Crippen MR) is 92.7 cm³/mol. The third-order valence-electron chi connectivity index (χ3n) is 3.86. The van der Waals surface area contributed by atoms with Gasteiger partial charge in [-0.25, -0.2) is 4.79 Å². The van der Waals surface area contributed by atoms with Crippen LogP contribution in [0.2, 0.25) is 0 Å². The van der Waals surface area contributed by atoms with Crippen LogP contribution >= 0.6 is 11.3 Å². The van der Waals surface area contributed by atoms with Gasteiger partial charge >= 0.3 is 6.03 Å². The van der Waals surface area contributed by atoms with Crippen molar-refractivity contribution in [3.05, 3.63) is 40.9 Å². The highest BCUT2D eigenvalue weighted by molar-refractivity contribution is 7.15. The highest BCUT2D eigenvalue weighted by atomic mass is 32.1. The minimum atomic E-state index is -0.243. The Morgan fingerprint density at radius 2 is 1.91 bits per heavy atom. The summed E-state index contributed by atoms with van der Waals surface area (Å²) in [5.74, 6) is 0.553.